The summed E-state index contributed by atoms with van der Waals surface area (Å²) in [6, 6.07) is 3.40. The van der Waals surface area contributed by atoms with Gasteiger partial charge in [-0.1, -0.05) is 0 Å². The number of pyridine rings is 1. The zero-order chi connectivity index (χ0) is 18.7. The van der Waals surface area contributed by atoms with Crippen molar-refractivity contribution in [3.8, 4) is 11.3 Å². The number of ether oxygens (including phenoxy) is 1. The summed E-state index contributed by atoms with van der Waals surface area (Å²) >= 11 is 0. The molecule has 1 amide bonds. The first-order valence-electron chi connectivity index (χ1n) is 8.29. The van der Waals surface area contributed by atoms with Crippen molar-refractivity contribution in [1.82, 2.24) is 19.9 Å². The van der Waals surface area contributed by atoms with Crippen molar-refractivity contribution >= 4 is 11.9 Å². The number of methoxy groups -OCH3 is 1. The topological polar surface area (TPSA) is 106 Å². The van der Waals surface area contributed by atoms with Crippen LogP contribution in [0.5, 0.6) is 0 Å². The molecule has 1 aliphatic rings. The highest BCUT2D eigenvalue weighted by atomic mass is 16.5. The van der Waals surface area contributed by atoms with Crippen molar-refractivity contribution in [1.29, 1.82) is 0 Å². The van der Waals surface area contributed by atoms with Crippen molar-refractivity contribution in [2.75, 3.05) is 26.8 Å². The fraction of sp³-hybridized carbons (Fsp3) is 0.389. The molecule has 1 N–H and O–H groups in total. The summed E-state index contributed by atoms with van der Waals surface area (Å²) in [7, 11) is 1.50. The minimum Gasteiger partial charge on any atom is -0.478 e. The Morgan fingerprint density at radius 3 is 2.85 bits per heavy atom. The lowest BCUT2D eigenvalue weighted by atomic mass is 10.0. The number of carbonyl (C=O) groups excluding carboxylic acids is 1. The highest BCUT2D eigenvalue weighted by molar-refractivity contribution is 5.88. The zero-order valence-corrected chi connectivity index (χ0v) is 14.7. The molecule has 8 nitrogen and oxygen atoms in total. The van der Waals surface area contributed by atoms with E-state index in [0.717, 1.165) is 12.1 Å². The van der Waals surface area contributed by atoms with Gasteiger partial charge in [-0.15, -0.1) is 0 Å². The first-order valence-corrected chi connectivity index (χ1v) is 8.29. The monoisotopic (exact) mass is 356 g/mol. The number of aromatic nitrogens is 3. The van der Waals surface area contributed by atoms with E-state index >= 15 is 0 Å². The first kappa shape index (κ1) is 17.9. The number of carbonyl (C=O) groups is 2. The van der Waals surface area contributed by atoms with Gasteiger partial charge in [0.05, 0.1) is 11.3 Å². The van der Waals surface area contributed by atoms with E-state index in [1.165, 1.54) is 13.3 Å². The van der Waals surface area contributed by atoms with Crippen LogP contribution in [-0.2, 0) is 9.53 Å². The number of nitrogens with zero attached hydrogens (tertiary/aromatic N) is 4. The van der Waals surface area contributed by atoms with E-state index in [4.69, 9.17) is 9.84 Å². The van der Waals surface area contributed by atoms with Gasteiger partial charge in [0, 0.05) is 49.8 Å². The van der Waals surface area contributed by atoms with Crippen LogP contribution in [0.15, 0.2) is 24.5 Å². The van der Waals surface area contributed by atoms with Crippen LogP contribution in [0.2, 0.25) is 0 Å². The molecule has 1 fully saturated rings. The number of carboxylic acid groups (broad SMARTS) is 1. The van der Waals surface area contributed by atoms with Gasteiger partial charge in [-0.05, 0) is 25.5 Å². The normalized spacial score (nSPS) is 16.7. The maximum atomic E-state index is 12.0. The number of likely N-dealkylation sites (tertiary alicyclic amines) is 1. The molecule has 2 aromatic heterocycles. The largest absolute Gasteiger partial charge is 0.478 e. The minimum atomic E-state index is -1.03. The van der Waals surface area contributed by atoms with Gasteiger partial charge in [0.2, 0.25) is 5.91 Å². The van der Waals surface area contributed by atoms with E-state index in [-0.39, 0.29) is 24.0 Å². The Morgan fingerprint density at radius 2 is 2.12 bits per heavy atom. The molecule has 1 aliphatic heterocycles. The van der Waals surface area contributed by atoms with E-state index in [1.54, 1.807) is 24.1 Å². The Kier molecular flexibility index (Phi) is 5.22. The Morgan fingerprint density at radius 1 is 1.31 bits per heavy atom. The summed E-state index contributed by atoms with van der Waals surface area (Å²) < 4.78 is 4.91. The van der Waals surface area contributed by atoms with Gasteiger partial charge in [-0.25, -0.2) is 14.8 Å². The Hall–Kier alpha value is -2.87. The Bertz CT molecular complexity index is 840. The summed E-state index contributed by atoms with van der Waals surface area (Å²) in [5, 5.41) is 9.14. The van der Waals surface area contributed by atoms with Crippen molar-refractivity contribution in [3.05, 3.63) is 41.6 Å². The van der Waals surface area contributed by atoms with Gasteiger partial charge < -0.3 is 14.7 Å². The molecule has 1 atom stereocenters. The summed E-state index contributed by atoms with van der Waals surface area (Å²) in [6.07, 6.45) is 3.71. The average Bonchev–Trinajstić information content (AvgIpc) is 3.12. The van der Waals surface area contributed by atoms with Crippen LogP contribution in [0.1, 0.15) is 34.2 Å². The molecule has 3 heterocycles. The van der Waals surface area contributed by atoms with E-state index in [0.29, 0.717) is 30.2 Å². The smallest absolute Gasteiger partial charge is 0.337 e. The molecule has 0 spiro atoms. The molecular formula is C18H20N4O4. The third-order valence-electron chi connectivity index (χ3n) is 4.37. The maximum Gasteiger partial charge on any atom is 0.337 e. The third-order valence-corrected chi connectivity index (χ3v) is 4.37. The van der Waals surface area contributed by atoms with Crippen molar-refractivity contribution in [2.45, 2.75) is 19.3 Å². The van der Waals surface area contributed by atoms with Crippen LogP contribution in [0.4, 0.5) is 0 Å². The lowest BCUT2D eigenvalue weighted by molar-refractivity contribution is -0.134. The number of hydrogen-bond acceptors (Lipinski definition) is 6. The number of rotatable bonds is 5. The Balaban J connectivity index is 1.86. The van der Waals surface area contributed by atoms with Crippen LogP contribution in [0.25, 0.3) is 11.3 Å². The molecule has 136 valence electrons. The van der Waals surface area contributed by atoms with E-state index in [2.05, 4.69) is 15.0 Å². The first-order chi connectivity index (χ1) is 12.5. The molecule has 8 heteroatoms. The summed E-state index contributed by atoms with van der Waals surface area (Å²) in [5.41, 5.74) is 2.21. The van der Waals surface area contributed by atoms with E-state index in [9.17, 15) is 9.59 Å². The molecule has 26 heavy (non-hydrogen) atoms. The van der Waals surface area contributed by atoms with Crippen LogP contribution in [0.3, 0.4) is 0 Å². The van der Waals surface area contributed by atoms with Gasteiger partial charge >= 0.3 is 5.97 Å². The molecule has 0 bridgehead atoms. The summed E-state index contributed by atoms with van der Waals surface area (Å²) in [5.74, 6) is -0.348. The molecule has 0 saturated carbocycles. The van der Waals surface area contributed by atoms with Crippen molar-refractivity contribution in [3.63, 3.8) is 0 Å². The lowest BCUT2D eigenvalue weighted by Gasteiger charge is -2.16. The van der Waals surface area contributed by atoms with Gasteiger partial charge in [-0.3, -0.25) is 9.78 Å². The van der Waals surface area contributed by atoms with Gasteiger partial charge in [0.1, 0.15) is 12.4 Å². The fourth-order valence-corrected chi connectivity index (χ4v) is 3.09. The number of amides is 1. The average molecular weight is 356 g/mol. The minimum absolute atomic E-state index is 0.0284. The second kappa shape index (κ2) is 7.57. The zero-order valence-electron chi connectivity index (χ0n) is 14.7. The summed E-state index contributed by atoms with van der Waals surface area (Å²) in [4.78, 5) is 37.8. The van der Waals surface area contributed by atoms with Crippen LogP contribution < -0.4 is 0 Å². The van der Waals surface area contributed by atoms with Crippen molar-refractivity contribution in [2.24, 2.45) is 0 Å². The molecule has 0 aromatic carbocycles. The predicted octanol–water partition coefficient (Wildman–Crippen LogP) is 1.51. The third kappa shape index (κ3) is 3.85. The van der Waals surface area contributed by atoms with Crippen LogP contribution >= 0.6 is 0 Å². The molecule has 0 aliphatic carbocycles. The molecule has 2 aromatic rings. The summed E-state index contributed by atoms with van der Waals surface area (Å²) in [6.45, 7) is 3.13. The standard InChI is InChI=1S/C18H20N4O4/c1-11-20-15(12-3-4-22(9-12)17(23)10-26-2)6-16(21-11)13-5-14(18(24)25)8-19-7-13/h5-8,12H,3-4,9-10H2,1-2H3,(H,24,25)/t12-/m0/s1. The van der Waals surface area contributed by atoms with Crippen LogP contribution in [0, 0.1) is 6.92 Å². The SMILES string of the molecule is COCC(=O)N1CC[C@H](c2cc(-c3cncc(C(=O)O)c3)nc(C)n2)C1. The van der Waals surface area contributed by atoms with Crippen molar-refractivity contribution < 1.29 is 19.4 Å². The van der Waals surface area contributed by atoms with E-state index < -0.39 is 5.97 Å². The number of aryl methyl sites for hydroxylation is 1. The quantitative estimate of drug-likeness (QED) is 0.865. The highest BCUT2D eigenvalue weighted by Gasteiger charge is 2.28. The second-order valence-corrected chi connectivity index (χ2v) is 6.25. The number of carboxylic acids is 1. The number of hydrogen-bond donors (Lipinski definition) is 1. The molecule has 0 unspecified atom stereocenters. The van der Waals surface area contributed by atoms with Gasteiger partial charge in [0.15, 0.2) is 0 Å². The molecule has 0 radical (unpaired) electrons. The van der Waals surface area contributed by atoms with Gasteiger partial charge in [0.25, 0.3) is 0 Å². The second-order valence-electron chi connectivity index (χ2n) is 6.25. The predicted molar refractivity (Wildman–Crippen MR) is 92.8 cm³/mol. The van der Waals surface area contributed by atoms with Crippen LogP contribution in [-0.4, -0.2) is 63.6 Å². The fourth-order valence-electron chi connectivity index (χ4n) is 3.09. The molecular weight excluding hydrogens is 336 g/mol. The Labute approximate surface area is 150 Å². The van der Waals surface area contributed by atoms with E-state index in [1.807, 2.05) is 6.07 Å². The molecule has 3 rings (SSSR count). The maximum absolute atomic E-state index is 12.0. The molecule has 1 saturated heterocycles. The lowest BCUT2D eigenvalue weighted by Crippen LogP contribution is -2.31. The van der Waals surface area contributed by atoms with Gasteiger partial charge in [-0.2, -0.15) is 0 Å². The highest BCUT2D eigenvalue weighted by Crippen LogP contribution is 2.28. The number of aromatic carboxylic acids is 1.